The van der Waals surface area contributed by atoms with Crippen LogP contribution >= 0.6 is 0 Å². The zero-order valence-corrected chi connectivity index (χ0v) is 15.2. The predicted octanol–water partition coefficient (Wildman–Crippen LogP) is 1.98. The lowest BCUT2D eigenvalue weighted by Gasteiger charge is -2.12. The molecule has 6 nitrogen and oxygen atoms in total. The number of benzene rings is 2. The van der Waals surface area contributed by atoms with Crippen LogP contribution in [-0.4, -0.2) is 38.4 Å². The van der Waals surface area contributed by atoms with Gasteiger partial charge in [-0.1, -0.05) is 30.3 Å². The van der Waals surface area contributed by atoms with Crippen molar-refractivity contribution in [1.82, 2.24) is 5.32 Å². The van der Waals surface area contributed by atoms with Gasteiger partial charge in [-0.05, 0) is 36.2 Å². The molecule has 138 valence electrons. The second-order valence-corrected chi connectivity index (χ2v) is 8.55. The topological polar surface area (TPSA) is 84.5 Å². The maximum absolute atomic E-state index is 11.9. The average molecular weight is 374 g/mol. The first-order chi connectivity index (χ1) is 12.5. The van der Waals surface area contributed by atoms with Gasteiger partial charge in [-0.15, -0.1) is 0 Å². The summed E-state index contributed by atoms with van der Waals surface area (Å²) >= 11 is 0. The summed E-state index contributed by atoms with van der Waals surface area (Å²) in [5.74, 6) is 0.721. The number of rotatable bonds is 7. The molecule has 1 heterocycles. The third-order valence-electron chi connectivity index (χ3n) is 4.15. The van der Waals surface area contributed by atoms with E-state index in [4.69, 9.17) is 4.74 Å². The number of anilines is 1. The van der Waals surface area contributed by atoms with Gasteiger partial charge in [-0.2, -0.15) is 0 Å². The van der Waals surface area contributed by atoms with Crippen molar-refractivity contribution < 1.29 is 17.9 Å². The largest absolute Gasteiger partial charge is 0.489 e. The van der Waals surface area contributed by atoms with Crippen LogP contribution in [0.15, 0.2) is 54.6 Å². The molecule has 1 aliphatic rings. The van der Waals surface area contributed by atoms with Crippen LogP contribution < -0.4 is 15.4 Å². The van der Waals surface area contributed by atoms with Gasteiger partial charge in [0.2, 0.25) is 5.91 Å². The highest BCUT2D eigenvalue weighted by Crippen LogP contribution is 2.17. The zero-order chi connectivity index (χ0) is 18.4. The summed E-state index contributed by atoms with van der Waals surface area (Å²) in [7, 11) is -2.99. The van der Waals surface area contributed by atoms with Gasteiger partial charge in [-0.3, -0.25) is 4.79 Å². The molecule has 1 saturated heterocycles. The van der Waals surface area contributed by atoms with E-state index in [9.17, 15) is 13.2 Å². The van der Waals surface area contributed by atoms with Crippen LogP contribution in [0.2, 0.25) is 0 Å². The van der Waals surface area contributed by atoms with E-state index < -0.39 is 9.84 Å². The summed E-state index contributed by atoms with van der Waals surface area (Å²) < 4.78 is 28.5. The highest BCUT2D eigenvalue weighted by Gasteiger charge is 2.28. The molecule has 2 aromatic rings. The van der Waals surface area contributed by atoms with E-state index in [-0.39, 0.29) is 30.0 Å². The molecule has 3 rings (SSSR count). The molecule has 2 N–H and O–H groups in total. The van der Waals surface area contributed by atoms with E-state index in [0.717, 1.165) is 17.0 Å². The van der Waals surface area contributed by atoms with Crippen LogP contribution in [0.5, 0.6) is 5.75 Å². The van der Waals surface area contributed by atoms with Crippen molar-refractivity contribution in [3.8, 4) is 5.75 Å². The zero-order valence-electron chi connectivity index (χ0n) is 14.4. The molecule has 1 amide bonds. The lowest BCUT2D eigenvalue weighted by Crippen LogP contribution is -2.39. The van der Waals surface area contributed by atoms with Crippen molar-refractivity contribution >= 4 is 21.4 Å². The highest BCUT2D eigenvalue weighted by atomic mass is 32.2. The van der Waals surface area contributed by atoms with Crippen LogP contribution in [0, 0.1) is 0 Å². The van der Waals surface area contributed by atoms with Crippen molar-refractivity contribution in [2.24, 2.45) is 0 Å². The number of sulfone groups is 1. The number of carbonyl (C=O) groups is 1. The molecule has 7 heteroatoms. The van der Waals surface area contributed by atoms with Crippen LogP contribution in [0.3, 0.4) is 0 Å². The minimum Gasteiger partial charge on any atom is -0.489 e. The average Bonchev–Trinajstić information content (AvgIpc) is 2.98. The molecule has 1 atom stereocenters. The number of hydrogen-bond donors (Lipinski definition) is 2. The van der Waals surface area contributed by atoms with E-state index in [1.54, 1.807) is 0 Å². The van der Waals surface area contributed by atoms with E-state index in [1.807, 2.05) is 54.6 Å². The second kappa shape index (κ2) is 8.23. The monoisotopic (exact) mass is 374 g/mol. The first kappa shape index (κ1) is 18.3. The minimum atomic E-state index is -2.99. The molecule has 1 unspecified atom stereocenters. The fourth-order valence-electron chi connectivity index (χ4n) is 2.78. The van der Waals surface area contributed by atoms with E-state index in [1.165, 1.54) is 0 Å². The molecule has 0 aliphatic carbocycles. The van der Waals surface area contributed by atoms with Gasteiger partial charge in [0.1, 0.15) is 12.4 Å². The fourth-order valence-corrected chi connectivity index (χ4v) is 4.45. The third-order valence-corrected chi connectivity index (χ3v) is 5.92. The number of nitrogens with one attached hydrogen (secondary N) is 2. The van der Waals surface area contributed by atoms with E-state index in [0.29, 0.717) is 13.0 Å². The van der Waals surface area contributed by atoms with Gasteiger partial charge in [-0.25, -0.2) is 8.42 Å². The molecular formula is C19H22N2O4S. The van der Waals surface area contributed by atoms with Crippen molar-refractivity contribution in [2.75, 3.05) is 23.4 Å². The Bertz CT molecular complexity index is 836. The highest BCUT2D eigenvalue weighted by molar-refractivity contribution is 7.91. The summed E-state index contributed by atoms with van der Waals surface area (Å²) in [5, 5.41) is 5.77. The molecule has 0 bridgehead atoms. The van der Waals surface area contributed by atoms with Crippen molar-refractivity contribution in [3.63, 3.8) is 0 Å². The van der Waals surface area contributed by atoms with Crippen molar-refractivity contribution in [3.05, 3.63) is 60.2 Å². The van der Waals surface area contributed by atoms with Gasteiger partial charge in [0, 0.05) is 11.7 Å². The third kappa shape index (κ3) is 5.49. The van der Waals surface area contributed by atoms with Gasteiger partial charge in [0.25, 0.3) is 0 Å². The molecule has 0 radical (unpaired) electrons. The Labute approximate surface area is 153 Å². The number of hydrogen-bond acceptors (Lipinski definition) is 5. The maximum Gasteiger partial charge on any atom is 0.239 e. The van der Waals surface area contributed by atoms with E-state index in [2.05, 4.69) is 10.6 Å². The van der Waals surface area contributed by atoms with Crippen molar-refractivity contribution in [1.29, 1.82) is 0 Å². The Morgan fingerprint density at radius 3 is 2.46 bits per heavy atom. The first-order valence-corrected chi connectivity index (χ1v) is 10.3. The van der Waals surface area contributed by atoms with Gasteiger partial charge in [0.05, 0.1) is 18.1 Å². The normalized spacial score (nSPS) is 18.2. The molecule has 2 aromatic carbocycles. The van der Waals surface area contributed by atoms with Crippen molar-refractivity contribution in [2.45, 2.75) is 19.1 Å². The summed E-state index contributed by atoms with van der Waals surface area (Å²) in [5.41, 5.74) is 1.89. The molecular weight excluding hydrogens is 352 g/mol. The fraction of sp³-hybridized carbons (Fsp3) is 0.316. The summed E-state index contributed by atoms with van der Waals surface area (Å²) in [6.07, 6.45) is 0.488. The van der Waals surface area contributed by atoms with Crippen LogP contribution in [0.4, 0.5) is 5.69 Å². The molecule has 0 saturated carbocycles. The predicted molar refractivity (Wildman–Crippen MR) is 101 cm³/mol. The molecule has 1 fully saturated rings. The summed E-state index contributed by atoms with van der Waals surface area (Å²) in [4.78, 5) is 11.9. The standard InChI is InChI=1S/C19H22N2O4S/c22-19(21-17-10-11-26(23,24)14-17)12-20-16-6-8-18(9-7-16)25-13-15-4-2-1-3-5-15/h1-9,17,20H,10-14H2,(H,21,22). The van der Waals surface area contributed by atoms with Gasteiger partial charge in [0.15, 0.2) is 9.84 Å². The number of amides is 1. The Morgan fingerprint density at radius 1 is 1.08 bits per heavy atom. The van der Waals surface area contributed by atoms with E-state index >= 15 is 0 Å². The number of ether oxygens (including phenoxy) is 1. The van der Waals surface area contributed by atoms with Gasteiger partial charge >= 0.3 is 0 Å². The lowest BCUT2D eigenvalue weighted by molar-refractivity contribution is -0.119. The Balaban J connectivity index is 1.42. The quantitative estimate of drug-likeness (QED) is 0.774. The lowest BCUT2D eigenvalue weighted by atomic mass is 10.2. The minimum absolute atomic E-state index is 0.0339. The maximum atomic E-state index is 11.9. The SMILES string of the molecule is O=C(CNc1ccc(OCc2ccccc2)cc1)NC1CCS(=O)(=O)C1. The first-order valence-electron chi connectivity index (χ1n) is 8.51. The number of carbonyl (C=O) groups excluding carboxylic acids is 1. The molecule has 26 heavy (non-hydrogen) atoms. The Kier molecular flexibility index (Phi) is 5.78. The Morgan fingerprint density at radius 2 is 1.81 bits per heavy atom. The van der Waals surface area contributed by atoms with Crippen LogP contribution in [-0.2, 0) is 21.2 Å². The summed E-state index contributed by atoms with van der Waals surface area (Å²) in [6, 6.07) is 17.0. The Hall–Kier alpha value is -2.54. The van der Waals surface area contributed by atoms with Crippen LogP contribution in [0.25, 0.3) is 0 Å². The van der Waals surface area contributed by atoms with Crippen LogP contribution in [0.1, 0.15) is 12.0 Å². The molecule has 0 spiro atoms. The molecule has 0 aromatic heterocycles. The smallest absolute Gasteiger partial charge is 0.239 e. The summed E-state index contributed by atoms with van der Waals surface area (Å²) in [6.45, 7) is 0.598. The molecule has 1 aliphatic heterocycles. The second-order valence-electron chi connectivity index (χ2n) is 6.32. The van der Waals surface area contributed by atoms with Gasteiger partial charge < -0.3 is 15.4 Å².